The predicted octanol–water partition coefficient (Wildman–Crippen LogP) is 1.29. The van der Waals surface area contributed by atoms with E-state index >= 15 is 0 Å². The minimum Gasteiger partial charge on any atom is -0.326 e. The number of amides is 2. The van der Waals surface area contributed by atoms with Gasteiger partial charge in [0.1, 0.15) is 0 Å². The van der Waals surface area contributed by atoms with Crippen molar-refractivity contribution in [2.75, 3.05) is 28.7 Å². The first kappa shape index (κ1) is 13.9. The molecule has 3 N–H and O–H groups in total. The maximum Gasteiger partial charge on any atom is 0.242 e. The van der Waals surface area contributed by atoms with Crippen LogP contribution in [-0.4, -0.2) is 35.9 Å². The monoisotopic (exact) mass is 279 g/mol. The van der Waals surface area contributed by atoms with Gasteiger partial charge < -0.3 is 16.0 Å². The lowest BCUT2D eigenvalue weighted by Gasteiger charge is -2.22. The van der Waals surface area contributed by atoms with E-state index in [0.717, 1.165) is 29.4 Å². The van der Waals surface area contributed by atoms with Crippen molar-refractivity contribution in [3.05, 3.63) is 24.3 Å². The molecule has 0 saturated carbocycles. The third-order valence-corrected chi connectivity index (χ3v) is 3.77. The highest BCUT2D eigenvalue weighted by molar-refractivity contribution is 7.99. The van der Waals surface area contributed by atoms with Crippen LogP contribution in [0.5, 0.6) is 0 Å². The first-order valence-corrected chi connectivity index (χ1v) is 7.30. The van der Waals surface area contributed by atoms with Crippen LogP contribution in [0, 0.1) is 0 Å². The molecule has 1 fully saturated rings. The van der Waals surface area contributed by atoms with E-state index < -0.39 is 0 Å². The summed E-state index contributed by atoms with van der Waals surface area (Å²) in [5, 5.41) is 8.73. The van der Waals surface area contributed by atoms with Gasteiger partial charge in [-0.15, -0.1) is 0 Å². The Hall–Kier alpha value is -1.53. The van der Waals surface area contributed by atoms with Crippen LogP contribution in [0.25, 0.3) is 0 Å². The average Bonchev–Trinajstić information content (AvgIpc) is 2.41. The van der Waals surface area contributed by atoms with E-state index in [1.807, 2.05) is 0 Å². The molecule has 0 spiro atoms. The van der Waals surface area contributed by atoms with Gasteiger partial charge in [0.2, 0.25) is 11.8 Å². The van der Waals surface area contributed by atoms with Crippen LogP contribution in [-0.2, 0) is 9.59 Å². The van der Waals surface area contributed by atoms with Gasteiger partial charge in [0.25, 0.3) is 0 Å². The lowest BCUT2D eigenvalue weighted by atomic mass is 10.2. The summed E-state index contributed by atoms with van der Waals surface area (Å²) in [6.45, 7) is 2.33. The topological polar surface area (TPSA) is 70.2 Å². The van der Waals surface area contributed by atoms with Crippen molar-refractivity contribution in [2.24, 2.45) is 0 Å². The van der Waals surface area contributed by atoms with Gasteiger partial charge in [0, 0.05) is 36.3 Å². The number of nitrogens with one attached hydrogen (secondary N) is 3. The summed E-state index contributed by atoms with van der Waals surface area (Å²) in [7, 11) is 0. The highest BCUT2D eigenvalue weighted by Crippen LogP contribution is 2.15. The Morgan fingerprint density at radius 1 is 1.21 bits per heavy atom. The van der Waals surface area contributed by atoms with Crippen LogP contribution in [0.4, 0.5) is 11.4 Å². The van der Waals surface area contributed by atoms with Crippen molar-refractivity contribution in [3.8, 4) is 0 Å². The molecule has 1 aromatic carbocycles. The standard InChI is InChI=1S/C13H17N3O2S/c1-9(17)15-10-2-4-11(5-3-10)16-13(18)12-8-19-7-6-14-12/h2-5,12,14H,6-8H2,1H3,(H,15,17)(H,16,18). The first-order valence-electron chi connectivity index (χ1n) is 6.15. The zero-order valence-corrected chi connectivity index (χ0v) is 11.5. The van der Waals surface area contributed by atoms with Crippen LogP contribution in [0.1, 0.15) is 6.92 Å². The molecule has 1 saturated heterocycles. The SMILES string of the molecule is CC(=O)Nc1ccc(NC(=O)C2CSCCN2)cc1. The second kappa shape index (κ2) is 6.58. The van der Waals surface area contributed by atoms with Crippen LogP contribution >= 0.6 is 11.8 Å². The number of hydrogen-bond donors (Lipinski definition) is 3. The molecule has 1 aliphatic rings. The molecular weight excluding hydrogens is 262 g/mol. The molecule has 2 amide bonds. The summed E-state index contributed by atoms with van der Waals surface area (Å²) >= 11 is 1.78. The Kier molecular flexibility index (Phi) is 4.81. The number of thioether (sulfide) groups is 1. The molecule has 6 heteroatoms. The van der Waals surface area contributed by atoms with E-state index in [2.05, 4.69) is 16.0 Å². The van der Waals surface area contributed by atoms with E-state index in [1.165, 1.54) is 6.92 Å². The third kappa shape index (κ3) is 4.25. The van der Waals surface area contributed by atoms with Crippen LogP contribution in [0.2, 0.25) is 0 Å². The van der Waals surface area contributed by atoms with Crippen LogP contribution < -0.4 is 16.0 Å². The minimum absolute atomic E-state index is 0.0144. The molecule has 0 bridgehead atoms. The number of carbonyl (C=O) groups excluding carboxylic acids is 2. The number of anilines is 2. The van der Waals surface area contributed by atoms with Crippen molar-refractivity contribution in [2.45, 2.75) is 13.0 Å². The second-order valence-electron chi connectivity index (χ2n) is 4.33. The van der Waals surface area contributed by atoms with E-state index in [1.54, 1.807) is 36.0 Å². The molecule has 2 rings (SSSR count). The molecular formula is C13H17N3O2S. The van der Waals surface area contributed by atoms with Gasteiger partial charge in [-0.1, -0.05) is 0 Å². The highest BCUT2D eigenvalue weighted by Gasteiger charge is 2.20. The minimum atomic E-state index is -0.131. The van der Waals surface area contributed by atoms with Crippen molar-refractivity contribution < 1.29 is 9.59 Å². The van der Waals surface area contributed by atoms with Gasteiger partial charge in [-0.25, -0.2) is 0 Å². The van der Waals surface area contributed by atoms with Gasteiger partial charge in [0.15, 0.2) is 0 Å². The smallest absolute Gasteiger partial charge is 0.242 e. The fraction of sp³-hybridized carbons (Fsp3) is 0.385. The molecule has 0 aliphatic carbocycles. The summed E-state index contributed by atoms with van der Waals surface area (Å²) in [5.74, 6) is 1.73. The van der Waals surface area contributed by atoms with Gasteiger partial charge in [-0.2, -0.15) is 11.8 Å². The van der Waals surface area contributed by atoms with Crippen LogP contribution in [0.3, 0.4) is 0 Å². The lowest BCUT2D eigenvalue weighted by molar-refractivity contribution is -0.117. The maximum absolute atomic E-state index is 12.0. The average molecular weight is 279 g/mol. The van der Waals surface area contributed by atoms with Crippen molar-refractivity contribution in [1.82, 2.24) is 5.32 Å². The Morgan fingerprint density at radius 2 is 1.84 bits per heavy atom. The van der Waals surface area contributed by atoms with E-state index in [9.17, 15) is 9.59 Å². The third-order valence-electron chi connectivity index (χ3n) is 2.71. The lowest BCUT2D eigenvalue weighted by Crippen LogP contribution is -2.46. The molecule has 1 unspecified atom stereocenters. The quantitative estimate of drug-likeness (QED) is 0.780. The normalized spacial score (nSPS) is 18.7. The number of benzene rings is 1. The van der Waals surface area contributed by atoms with Gasteiger partial charge >= 0.3 is 0 Å². The van der Waals surface area contributed by atoms with Gasteiger partial charge in [0.05, 0.1) is 6.04 Å². The first-order chi connectivity index (χ1) is 9.15. The highest BCUT2D eigenvalue weighted by atomic mass is 32.2. The van der Waals surface area contributed by atoms with E-state index in [4.69, 9.17) is 0 Å². The summed E-state index contributed by atoms with van der Waals surface area (Å²) in [4.78, 5) is 22.9. The molecule has 5 nitrogen and oxygen atoms in total. The Morgan fingerprint density at radius 3 is 2.37 bits per heavy atom. The zero-order chi connectivity index (χ0) is 13.7. The van der Waals surface area contributed by atoms with Crippen LogP contribution in [0.15, 0.2) is 24.3 Å². The fourth-order valence-electron chi connectivity index (χ4n) is 1.80. The predicted molar refractivity (Wildman–Crippen MR) is 78.5 cm³/mol. The zero-order valence-electron chi connectivity index (χ0n) is 10.7. The molecule has 1 aliphatic heterocycles. The fourth-order valence-corrected chi connectivity index (χ4v) is 2.74. The van der Waals surface area contributed by atoms with Crippen molar-refractivity contribution in [1.29, 1.82) is 0 Å². The number of rotatable bonds is 3. The molecule has 19 heavy (non-hydrogen) atoms. The largest absolute Gasteiger partial charge is 0.326 e. The molecule has 1 heterocycles. The molecule has 1 atom stereocenters. The van der Waals surface area contributed by atoms with E-state index in [-0.39, 0.29) is 17.9 Å². The summed E-state index contributed by atoms with van der Waals surface area (Å²) in [6.07, 6.45) is 0. The maximum atomic E-state index is 12.0. The summed E-state index contributed by atoms with van der Waals surface area (Å²) < 4.78 is 0. The molecule has 102 valence electrons. The Bertz CT molecular complexity index is 455. The Labute approximate surface area is 116 Å². The van der Waals surface area contributed by atoms with Crippen molar-refractivity contribution >= 4 is 35.0 Å². The molecule has 0 radical (unpaired) electrons. The summed E-state index contributed by atoms with van der Waals surface area (Å²) in [5.41, 5.74) is 1.45. The van der Waals surface area contributed by atoms with Gasteiger partial charge in [-0.05, 0) is 24.3 Å². The number of carbonyl (C=O) groups is 2. The second-order valence-corrected chi connectivity index (χ2v) is 5.48. The number of hydrogen-bond acceptors (Lipinski definition) is 4. The van der Waals surface area contributed by atoms with E-state index in [0.29, 0.717) is 0 Å². The van der Waals surface area contributed by atoms with Crippen molar-refractivity contribution in [3.63, 3.8) is 0 Å². The van der Waals surface area contributed by atoms with Gasteiger partial charge in [-0.3, -0.25) is 9.59 Å². The Balaban J connectivity index is 1.91. The molecule has 1 aromatic rings. The summed E-state index contributed by atoms with van der Waals surface area (Å²) in [6, 6.07) is 6.95. The molecule has 0 aromatic heterocycles.